The summed E-state index contributed by atoms with van der Waals surface area (Å²) in [6.07, 6.45) is 2.98. The van der Waals surface area contributed by atoms with Crippen molar-refractivity contribution in [2.75, 3.05) is 13.1 Å². The molecule has 1 aromatic rings. The molecule has 1 rings (SSSR count). The molecule has 0 fully saturated rings. The van der Waals surface area contributed by atoms with E-state index in [1.54, 1.807) is 0 Å². The van der Waals surface area contributed by atoms with Crippen molar-refractivity contribution in [1.82, 2.24) is 21.1 Å². The van der Waals surface area contributed by atoms with Crippen LogP contribution in [0.5, 0.6) is 0 Å². The molecular weight excluding hydrogens is 318 g/mol. The number of hydrogen-bond donors (Lipinski definition) is 3. The van der Waals surface area contributed by atoms with E-state index in [1.165, 1.54) is 0 Å². The molecule has 1 aromatic heterocycles. The third-order valence-corrected chi connectivity index (χ3v) is 4.01. The Morgan fingerprint density at radius 3 is 2.56 bits per heavy atom. The molecule has 3 N–H and O–H groups in total. The van der Waals surface area contributed by atoms with Crippen LogP contribution in [0.2, 0.25) is 0 Å². The summed E-state index contributed by atoms with van der Waals surface area (Å²) in [6, 6.07) is 0.211. The summed E-state index contributed by atoms with van der Waals surface area (Å²) in [5.41, 5.74) is 2.03. The van der Waals surface area contributed by atoms with Crippen LogP contribution in [-0.4, -0.2) is 36.2 Å². The van der Waals surface area contributed by atoms with Gasteiger partial charge < -0.3 is 20.5 Å². The summed E-state index contributed by atoms with van der Waals surface area (Å²) in [5, 5.41) is 13.5. The maximum absolute atomic E-state index is 11.8. The van der Waals surface area contributed by atoms with Crippen LogP contribution in [0.3, 0.4) is 0 Å². The van der Waals surface area contributed by atoms with Crippen molar-refractivity contribution in [2.45, 2.75) is 72.9 Å². The van der Waals surface area contributed by atoms with Crippen LogP contribution in [0, 0.1) is 0 Å². The van der Waals surface area contributed by atoms with Crippen LogP contribution < -0.4 is 16.0 Å². The van der Waals surface area contributed by atoms with Gasteiger partial charge in [-0.05, 0) is 26.7 Å². The molecule has 1 atom stereocenters. The molecule has 25 heavy (non-hydrogen) atoms. The highest BCUT2D eigenvalue weighted by Gasteiger charge is 2.13. The van der Waals surface area contributed by atoms with Gasteiger partial charge in [-0.2, -0.15) is 0 Å². The predicted octanol–water partition coefficient (Wildman–Crippen LogP) is 2.16. The van der Waals surface area contributed by atoms with Gasteiger partial charge in [0.1, 0.15) is 5.76 Å². The number of nitrogens with zero attached hydrogens (tertiary/aromatic N) is 2. The lowest BCUT2D eigenvalue weighted by Gasteiger charge is -2.13. The Morgan fingerprint density at radius 2 is 1.96 bits per heavy atom. The van der Waals surface area contributed by atoms with Gasteiger partial charge in [-0.3, -0.25) is 4.79 Å². The minimum absolute atomic E-state index is 0.0540. The molecule has 0 spiro atoms. The number of aromatic nitrogens is 1. The fourth-order valence-electron chi connectivity index (χ4n) is 2.36. The minimum Gasteiger partial charge on any atom is -0.361 e. The standard InChI is InChI=1S/C18H33N5O2/c1-6-13(5)22-17(24)10-11-20-18(19-9-4)21-12-14-15(7-2)23-25-16(14)8-3/h13H,6-12H2,1-5H3,(H,22,24)(H2,19,20,21). The number of amides is 1. The number of guanidine groups is 1. The van der Waals surface area contributed by atoms with Crippen LogP contribution >= 0.6 is 0 Å². The van der Waals surface area contributed by atoms with E-state index in [4.69, 9.17) is 4.52 Å². The lowest BCUT2D eigenvalue weighted by molar-refractivity contribution is -0.121. The topological polar surface area (TPSA) is 91.6 Å². The third-order valence-electron chi connectivity index (χ3n) is 4.01. The zero-order valence-electron chi connectivity index (χ0n) is 16.2. The molecular formula is C18H33N5O2. The first-order valence-electron chi connectivity index (χ1n) is 9.33. The fourth-order valence-corrected chi connectivity index (χ4v) is 2.36. The van der Waals surface area contributed by atoms with E-state index in [-0.39, 0.29) is 11.9 Å². The number of carbonyl (C=O) groups excluding carboxylic acids is 1. The molecule has 1 heterocycles. The molecule has 0 aromatic carbocycles. The van der Waals surface area contributed by atoms with Crippen molar-refractivity contribution in [3.63, 3.8) is 0 Å². The predicted molar refractivity (Wildman–Crippen MR) is 101 cm³/mol. The smallest absolute Gasteiger partial charge is 0.221 e. The first kappa shape index (κ1) is 21.0. The largest absolute Gasteiger partial charge is 0.361 e. The second-order valence-corrected chi connectivity index (χ2v) is 5.99. The second-order valence-electron chi connectivity index (χ2n) is 5.99. The molecule has 0 saturated heterocycles. The Labute approximate surface area is 151 Å². The summed E-state index contributed by atoms with van der Waals surface area (Å²) in [5.74, 6) is 1.65. The lowest BCUT2D eigenvalue weighted by atomic mass is 10.1. The van der Waals surface area contributed by atoms with Crippen LogP contribution in [0.15, 0.2) is 9.52 Å². The Balaban J connectivity index is 2.60. The Kier molecular flexibility index (Phi) is 9.65. The van der Waals surface area contributed by atoms with Gasteiger partial charge in [-0.25, -0.2) is 4.99 Å². The highest BCUT2D eigenvalue weighted by atomic mass is 16.5. The summed E-state index contributed by atoms with van der Waals surface area (Å²) in [7, 11) is 0. The molecule has 7 heteroatoms. The van der Waals surface area contributed by atoms with Crippen LogP contribution in [0.1, 0.15) is 64.5 Å². The quantitative estimate of drug-likeness (QED) is 0.444. The summed E-state index contributed by atoms with van der Waals surface area (Å²) in [6.45, 7) is 12.0. The molecule has 0 radical (unpaired) electrons. The van der Waals surface area contributed by atoms with Crippen molar-refractivity contribution >= 4 is 11.9 Å². The van der Waals surface area contributed by atoms with Crippen molar-refractivity contribution in [2.24, 2.45) is 4.99 Å². The van der Waals surface area contributed by atoms with E-state index in [2.05, 4.69) is 39.9 Å². The molecule has 7 nitrogen and oxygen atoms in total. The molecule has 0 aliphatic heterocycles. The van der Waals surface area contributed by atoms with Gasteiger partial charge in [-0.15, -0.1) is 0 Å². The van der Waals surface area contributed by atoms with Crippen molar-refractivity contribution in [3.8, 4) is 0 Å². The van der Waals surface area contributed by atoms with Crippen LogP contribution in [0.4, 0.5) is 0 Å². The van der Waals surface area contributed by atoms with E-state index in [1.807, 2.05) is 20.8 Å². The zero-order chi connectivity index (χ0) is 18.7. The number of nitrogens with one attached hydrogen (secondary N) is 3. The van der Waals surface area contributed by atoms with Crippen molar-refractivity contribution < 1.29 is 9.32 Å². The van der Waals surface area contributed by atoms with Gasteiger partial charge in [0, 0.05) is 37.5 Å². The molecule has 1 unspecified atom stereocenters. The highest BCUT2D eigenvalue weighted by molar-refractivity contribution is 5.81. The molecule has 0 bridgehead atoms. The zero-order valence-corrected chi connectivity index (χ0v) is 16.2. The lowest BCUT2D eigenvalue weighted by Crippen LogP contribution is -2.40. The van der Waals surface area contributed by atoms with Gasteiger partial charge in [-0.1, -0.05) is 25.9 Å². The van der Waals surface area contributed by atoms with E-state index in [0.717, 1.165) is 42.8 Å². The molecule has 1 amide bonds. The Hall–Kier alpha value is -2.05. The first-order valence-corrected chi connectivity index (χ1v) is 9.33. The molecule has 0 aliphatic rings. The number of aliphatic imine (C=N–C) groups is 1. The van der Waals surface area contributed by atoms with E-state index < -0.39 is 0 Å². The van der Waals surface area contributed by atoms with E-state index >= 15 is 0 Å². The Morgan fingerprint density at radius 1 is 1.20 bits per heavy atom. The van der Waals surface area contributed by atoms with Gasteiger partial charge in [0.05, 0.1) is 12.2 Å². The van der Waals surface area contributed by atoms with E-state index in [0.29, 0.717) is 25.5 Å². The first-order chi connectivity index (χ1) is 12.0. The molecule has 0 aliphatic carbocycles. The molecule has 142 valence electrons. The monoisotopic (exact) mass is 351 g/mol. The van der Waals surface area contributed by atoms with Gasteiger partial charge in [0.15, 0.2) is 5.96 Å². The molecule has 0 saturated carbocycles. The number of hydrogen-bond acceptors (Lipinski definition) is 4. The summed E-state index contributed by atoms with van der Waals surface area (Å²) < 4.78 is 5.38. The van der Waals surface area contributed by atoms with Gasteiger partial charge >= 0.3 is 0 Å². The van der Waals surface area contributed by atoms with Crippen molar-refractivity contribution in [3.05, 3.63) is 17.0 Å². The maximum atomic E-state index is 11.8. The number of aryl methyl sites for hydroxylation is 2. The van der Waals surface area contributed by atoms with Crippen LogP contribution in [0.25, 0.3) is 0 Å². The minimum atomic E-state index is 0.0540. The van der Waals surface area contributed by atoms with E-state index in [9.17, 15) is 4.79 Å². The van der Waals surface area contributed by atoms with Crippen molar-refractivity contribution in [1.29, 1.82) is 0 Å². The number of rotatable bonds is 10. The average Bonchev–Trinajstić information content (AvgIpc) is 3.01. The maximum Gasteiger partial charge on any atom is 0.221 e. The third kappa shape index (κ3) is 7.15. The van der Waals surface area contributed by atoms with Crippen LogP contribution in [-0.2, 0) is 24.2 Å². The SMILES string of the molecule is CCNC(=NCc1c(CC)noc1CC)NCCC(=O)NC(C)CC. The van der Waals surface area contributed by atoms with Gasteiger partial charge in [0.25, 0.3) is 0 Å². The second kappa shape index (κ2) is 11.5. The summed E-state index contributed by atoms with van der Waals surface area (Å²) >= 11 is 0. The normalized spacial score (nSPS) is 12.8. The van der Waals surface area contributed by atoms with Gasteiger partial charge in [0.2, 0.25) is 5.91 Å². The summed E-state index contributed by atoms with van der Waals surface area (Å²) in [4.78, 5) is 16.4. The average molecular weight is 351 g/mol. The number of carbonyl (C=O) groups is 1. The Bertz CT molecular complexity index is 532. The fraction of sp³-hybridized carbons (Fsp3) is 0.722. The highest BCUT2D eigenvalue weighted by Crippen LogP contribution is 2.16.